The summed E-state index contributed by atoms with van der Waals surface area (Å²) in [5.74, 6) is -0.361. The number of nitrogens with zero attached hydrogens (tertiary/aromatic N) is 1. The summed E-state index contributed by atoms with van der Waals surface area (Å²) in [5, 5.41) is 16.4. The molecule has 0 aliphatic rings. The lowest BCUT2D eigenvalue weighted by Gasteiger charge is -2.20. The van der Waals surface area contributed by atoms with Gasteiger partial charge < -0.3 is 19.5 Å². The molecule has 1 rings (SSSR count). The van der Waals surface area contributed by atoms with Gasteiger partial charge in [-0.25, -0.2) is 18.7 Å². The number of ether oxygens (including phenoxy) is 2. The van der Waals surface area contributed by atoms with E-state index in [2.05, 4.69) is 0 Å². The minimum atomic E-state index is -4.01. The molecule has 1 unspecified atom stereocenters. The van der Waals surface area contributed by atoms with Gasteiger partial charge in [0.2, 0.25) is 5.91 Å². The Labute approximate surface area is 151 Å². The second-order valence-corrected chi connectivity index (χ2v) is 7.64. The van der Waals surface area contributed by atoms with Crippen LogP contribution in [0.25, 0.3) is 0 Å². The third kappa shape index (κ3) is 5.23. The number of carboxylic acid groups (broad SMARTS) is 1. The number of sulfone groups is 1. The van der Waals surface area contributed by atoms with Gasteiger partial charge in [-0.1, -0.05) is 0 Å². The van der Waals surface area contributed by atoms with E-state index in [0.29, 0.717) is 5.75 Å². The Morgan fingerprint density at radius 1 is 1.23 bits per heavy atom. The monoisotopic (exact) mass is 390 g/mol. The molecular weight excluding hydrogens is 368 g/mol. The first-order valence-electron chi connectivity index (χ1n) is 7.50. The quantitative estimate of drug-likeness (QED) is 0.414. The number of carbonyl (C=O) groups excluding carboxylic acids is 1. The van der Waals surface area contributed by atoms with E-state index in [4.69, 9.17) is 19.8 Å². The zero-order chi connectivity index (χ0) is 19.9. The number of hydrogen-bond donors (Lipinski definition) is 3. The van der Waals surface area contributed by atoms with Crippen molar-refractivity contribution in [3.05, 3.63) is 18.2 Å². The smallest absolute Gasteiger partial charge is 0.407 e. The molecule has 10 nitrogen and oxygen atoms in total. The summed E-state index contributed by atoms with van der Waals surface area (Å²) in [7, 11) is 0.0328. The van der Waals surface area contributed by atoms with Gasteiger partial charge in [0.15, 0.2) is 21.3 Å². The molecule has 26 heavy (non-hydrogen) atoms. The van der Waals surface area contributed by atoms with Gasteiger partial charge in [-0.2, -0.15) is 0 Å². The first-order chi connectivity index (χ1) is 12.2. The van der Waals surface area contributed by atoms with Crippen molar-refractivity contribution in [3.63, 3.8) is 0 Å². The van der Waals surface area contributed by atoms with Gasteiger partial charge >= 0.3 is 6.09 Å². The van der Waals surface area contributed by atoms with Crippen LogP contribution in [0.4, 0.5) is 4.79 Å². The largest absolute Gasteiger partial charge is 0.493 e. The Morgan fingerprint density at radius 2 is 1.85 bits per heavy atom. The second kappa shape index (κ2) is 9.25. The van der Waals surface area contributed by atoms with Crippen molar-refractivity contribution in [2.45, 2.75) is 23.0 Å². The first-order valence-corrected chi connectivity index (χ1v) is 9.04. The van der Waals surface area contributed by atoms with Crippen LogP contribution in [0.3, 0.4) is 0 Å². The molecule has 0 bridgehead atoms. The van der Waals surface area contributed by atoms with Crippen molar-refractivity contribution in [2.75, 3.05) is 27.8 Å². The zero-order valence-corrected chi connectivity index (χ0v) is 15.4. The predicted octanol–water partition coefficient (Wildman–Crippen LogP) is 0.742. The van der Waals surface area contributed by atoms with Crippen LogP contribution in [0.5, 0.6) is 11.5 Å². The minimum absolute atomic E-state index is 0.106. The van der Waals surface area contributed by atoms with Crippen LogP contribution in [0.2, 0.25) is 0 Å². The summed E-state index contributed by atoms with van der Waals surface area (Å²) in [5.41, 5.74) is 1.39. The summed E-state index contributed by atoms with van der Waals surface area (Å²) in [6, 6.07) is 3.98. The maximum absolute atomic E-state index is 12.9. The molecule has 0 aromatic heterocycles. The Hall–Kier alpha value is -2.53. The summed E-state index contributed by atoms with van der Waals surface area (Å²) in [4.78, 5) is 23.2. The van der Waals surface area contributed by atoms with Crippen LogP contribution in [-0.4, -0.2) is 68.7 Å². The van der Waals surface area contributed by atoms with Crippen molar-refractivity contribution < 1.29 is 37.8 Å². The first kappa shape index (κ1) is 21.5. The molecule has 2 amide bonds. The average Bonchev–Trinajstić information content (AvgIpc) is 2.63. The number of hydrogen-bond acceptors (Lipinski definition) is 7. The van der Waals surface area contributed by atoms with Crippen LogP contribution in [0, 0.1) is 0 Å². The van der Waals surface area contributed by atoms with E-state index in [1.165, 1.54) is 44.9 Å². The van der Waals surface area contributed by atoms with Gasteiger partial charge in [-0.15, -0.1) is 0 Å². The molecule has 1 atom stereocenters. The molecule has 11 heteroatoms. The number of methoxy groups -OCH3 is 2. The molecule has 0 aliphatic heterocycles. The molecule has 3 N–H and O–H groups in total. The SMILES string of the molecule is COc1ccc(S(=O)(=O)C(CCN(C)C(=O)O)CC(=O)NO)cc1OC. The summed E-state index contributed by atoms with van der Waals surface area (Å²) < 4.78 is 36.0. The maximum Gasteiger partial charge on any atom is 0.407 e. The Kier molecular flexibility index (Phi) is 7.65. The van der Waals surface area contributed by atoms with Gasteiger partial charge in [0.25, 0.3) is 0 Å². The van der Waals surface area contributed by atoms with Crippen LogP contribution < -0.4 is 15.0 Å². The number of rotatable bonds is 9. The Bertz CT molecular complexity index is 750. The van der Waals surface area contributed by atoms with Gasteiger partial charge in [-0.3, -0.25) is 10.0 Å². The van der Waals surface area contributed by atoms with Crippen molar-refractivity contribution in [1.82, 2.24) is 10.4 Å². The van der Waals surface area contributed by atoms with Crippen LogP contribution in [-0.2, 0) is 14.6 Å². The highest BCUT2D eigenvalue weighted by molar-refractivity contribution is 7.92. The summed E-state index contributed by atoms with van der Waals surface area (Å²) in [6.45, 7) is -0.106. The highest BCUT2D eigenvalue weighted by atomic mass is 32.2. The van der Waals surface area contributed by atoms with E-state index in [9.17, 15) is 18.0 Å². The van der Waals surface area contributed by atoms with E-state index >= 15 is 0 Å². The topological polar surface area (TPSA) is 142 Å². The van der Waals surface area contributed by atoms with Crippen molar-refractivity contribution in [2.24, 2.45) is 0 Å². The van der Waals surface area contributed by atoms with Crippen molar-refractivity contribution >= 4 is 21.8 Å². The van der Waals surface area contributed by atoms with Crippen LogP contribution >= 0.6 is 0 Å². The average molecular weight is 390 g/mol. The van der Waals surface area contributed by atoms with Crippen molar-refractivity contribution in [3.8, 4) is 11.5 Å². The minimum Gasteiger partial charge on any atom is -0.493 e. The summed E-state index contributed by atoms with van der Waals surface area (Å²) in [6.07, 6.45) is -1.88. The lowest BCUT2D eigenvalue weighted by Crippen LogP contribution is -2.34. The number of carbonyl (C=O) groups is 2. The number of nitrogens with one attached hydrogen (secondary N) is 1. The highest BCUT2D eigenvalue weighted by Crippen LogP contribution is 2.32. The van der Waals surface area contributed by atoms with Crippen LogP contribution in [0.15, 0.2) is 23.1 Å². The molecule has 0 heterocycles. The molecule has 0 saturated carbocycles. The third-order valence-electron chi connectivity index (χ3n) is 3.77. The van der Waals surface area contributed by atoms with Crippen molar-refractivity contribution in [1.29, 1.82) is 0 Å². The fourth-order valence-corrected chi connectivity index (χ4v) is 3.94. The molecule has 0 radical (unpaired) electrons. The number of amides is 2. The molecule has 0 spiro atoms. The summed E-state index contributed by atoms with van der Waals surface area (Å²) >= 11 is 0. The molecule has 0 aliphatic carbocycles. The fraction of sp³-hybridized carbons (Fsp3) is 0.467. The Balaban J connectivity index is 3.20. The molecule has 0 fully saturated rings. The third-order valence-corrected chi connectivity index (χ3v) is 5.96. The zero-order valence-electron chi connectivity index (χ0n) is 14.6. The van der Waals surface area contributed by atoms with Gasteiger partial charge in [0, 0.05) is 26.1 Å². The molecular formula is C15H22N2O8S. The predicted molar refractivity (Wildman–Crippen MR) is 90.3 cm³/mol. The molecule has 0 saturated heterocycles. The van der Waals surface area contributed by atoms with Crippen LogP contribution in [0.1, 0.15) is 12.8 Å². The lowest BCUT2D eigenvalue weighted by molar-refractivity contribution is -0.129. The van der Waals surface area contributed by atoms with E-state index in [1.54, 1.807) is 0 Å². The maximum atomic E-state index is 12.9. The normalized spacial score (nSPS) is 12.2. The molecule has 146 valence electrons. The van der Waals surface area contributed by atoms with Gasteiger partial charge in [0.05, 0.1) is 24.4 Å². The molecule has 1 aromatic carbocycles. The van der Waals surface area contributed by atoms with E-state index in [-0.39, 0.29) is 23.6 Å². The standard InChI is InChI=1S/C15H22N2O8S/c1-17(15(19)20)7-6-11(9-14(18)16-21)26(22,23)10-4-5-12(24-2)13(8-10)25-3/h4-5,8,11,21H,6-7,9H2,1-3H3,(H,16,18)(H,19,20). The lowest BCUT2D eigenvalue weighted by atomic mass is 10.2. The Morgan fingerprint density at radius 3 is 2.35 bits per heavy atom. The molecule has 1 aromatic rings. The second-order valence-electron chi connectivity index (χ2n) is 5.42. The highest BCUT2D eigenvalue weighted by Gasteiger charge is 2.31. The van der Waals surface area contributed by atoms with E-state index in [0.717, 1.165) is 4.90 Å². The van der Waals surface area contributed by atoms with Gasteiger partial charge in [0.1, 0.15) is 0 Å². The van der Waals surface area contributed by atoms with Gasteiger partial charge in [-0.05, 0) is 18.6 Å². The van der Waals surface area contributed by atoms with E-state index in [1.807, 2.05) is 0 Å². The number of hydroxylamine groups is 1. The fourth-order valence-electron chi connectivity index (χ4n) is 2.24. The van der Waals surface area contributed by atoms with E-state index < -0.39 is 33.5 Å². The number of benzene rings is 1.